The summed E-state index contributed by atoms with van der Waals surface area (Å²) in [5.74, 6) is 1.13. The molecule has 0 spiro atoms. The molecule has 166 valence electrons. The van der Waals surface area contributed by atoms with Gasteiger partial charge in [-0.15, -0.1) is 0 Å². The van der Waals surface area contributed by atoms with E-state index < -0.39 is 0 Å². The third-order valence-electron chi connectivity index (χ3n) is 6.21. The van der Waals surface area contributed by atoms with Gasteiger partial charge in [-0.2, -0.15) is 0 Å². The summed E-state index contributed by atoms with van der Waals surface area (Å²) in [5, 5.41) is 24.3. The summed E-state index contributed by atoms with van der Waals surface area (Å²) in [6.07, 6.45) is 4.54. The molecule has 0 aromatic heterocycles. The Bertz CT molecular complexity index is 856. The summed E-state index contributed by atoms with van der Waals surface area (Å²) in [4.78, 5) is 22.6. The molecule has 2 saturated heterocycles. The van der Waals surface area contributed by atoms with Gasteiger partial charge in [-0.3, -0.25) is 20.2 Å². The van der Waals surface area contributed by atoms with Crippen LogP contribution in [0.15, 0.2) is 48.5 Å². The first kappa shape index (κ1) is 22.8. The second-order valence-electron chi connectivity index (χ2n) is 8.30. The first-order chi connectivity index (χ1) is 14.9. The lowest BCUT2D eigenvalue weighted by Crippen LogP contribution is -2.29. The molecule has 2 heterocycles. The molecule has 2 aliphatic rings. The summed E-state index contributed by atoms with van der Waals surface area (Å²) in [5.41, 5.74) is 2.81. The maximum absolute atomic E-state index is 10.5. The fourth-order valence-corrected chi connectivity index (χ4v) is 4.23. The van der Waals surface area contributed by atoms with Gasteiger partial charge in [-0.05, 0) is 81.9 Å². The van der Waals surface area contributed by atoms with Crippen LogP contribution in [0, 0.1) is 20.2 Å². The second kappa shape index (κ2) is 11.0. The number of hydrogen-bond acceptors (Lipinski definition) is 6. The zero-order chi connectivity index (χ0) is 22.2. The van der Waals surface area contributed by atoms with Crippen molar-refractivity contribution < 1.29 is 9.85 Å². The van der Waals surface area contributed by atoms with Gasteiger partial charge in [0.15, 0.2) is 0 Å². The molecule has 2 aromatic rings. The molecule has 0 amide bonds. The van der Waals surface area contributed by atoms with E-state index in [1.54, 1.807) is 24.3 Å². The Morgan fingerprint density at radius 1 is 0.742 bits per heavy atom. The average Bonchev–Trinajstić information content (AvgIpc) is 2.81. The molecule has 4 rings (SSSR count). The lowest BCUT2D eigenvalue weighted by molar-refractivity contribution is -0.385. The van der Waals surface area contributed by atoms with Crippen LogP contribution in [-0.4, -0.2) is 48.0 Å². The molecule has 0 aliphatic carbocycles. The second-order valence-corrected chi connectivity index (χ2v) is 8.30. The Labute approximate surface area is 182 Å². The zero-order valence-electron chi connectivity index (χ0n) is 17.9. The van der Waals surface area contributed by atoms with Crippen molar-refractivity contribution in [1.82, 2.24) is 10.2 Å². The van der Waals surface area contributed by atoms with Crippen molar-refractivity contribution in [2.45, 2.75) is 37.5 Å². The predicted molar refractivity (Wildman–Crippen MR) is 121 cm³/mol. The quantitative estimate of drug-likeness (QED) is 0.572. The highest BCUT2D eigenvalue weighted by atomic mass is 16.6. The van der Waals surface area contributed by atoms with Gasteiger partial charge < -0.3 is 10.2 Å². The van der Waals surface area contributed by atoms with Crippen molar-refractivity contribution in [3.63, 3.8) is 0 Å². The molecule has 0 unspecified atom stereocenters. The van der Waals surface area contributed by atoms with Crippen LogP contribution in [0.4, 0.5) is 11.4 Å². The molecule has 1 N–H and O–H groups in total. The minimum atomic E-state index is -0.355. The van der Waals surface area contributed by atoms with E-state index in [0.29, 0.717) is 11.8 Å². The largest absolute Gasteiger partial charge is 0.317 e. The van der Waals surface area contributed by atoms with Crippen molar-refractivity contribution in [3.8, 4) is 0 Å². The van der Waals surface area contributed by atoms with Crippen molar-refractivity contribution in [2.75, 3.05) is 33.2 Å². The fourth-order valence-electron chi connectivity index (χ4n) is 4.23. The first-order valence-corrected chi connectivity index (χ1v) is 10.8. The lowest BCUT2D eigenvalue weighted by atomic mass is 9.89. The van der Waals surface area contributed by atoms with E-state index in [0.717, 1.165) is 51.9 Å². The van der Waals surface area contributed by atoms with Crippen molar-refractivity contribution >= 4 is 11.4 Å². The van der Waals surface area contributed by atoms with E-state index in [1.165, 1.54) is 11.1 Å². The molecule has 31 heavy (non-hydrogen) atoms. The molecular weight excluding hydrogens is 396 g/mol. The van der Waals surface area contributed by atoms with E-state index in [4.69, 9.17) is 0 Å². The highest BCUT2D eigenvalue weighted by Crippen LogP contribution is 2.28. The van der Waals surface area contributed by atoms with E-state index in [2.05, 4.69) is 17.3 Å². The molecule has 0 atom stereocenters. The monoisotopic (exact) mass is 426 g/mol. The van der Waals surface area contributed by atoms with E-state index in [9.17, 15) is 20.2 Å². The third kappa shape index (κ3) is 6.57. The standard InChI is InChI=1S/C12H16N2O2.C11H14N2O2/c1-13-8-6-11(7-9-13)10-2-4-12(5-3-10)14(15)16;14-13(15)11-3-1-9(2-4-11)10-5-7-12-8-6-10/h2-5,11H,6-9H2,1H3;1-4,10,12H,5-8H2. The van der Waals surface area contributed by atoms with E-state index in [-0.39, 0.29) is 21.2 Å². The number of rotatable bonds is 4. The van der Waals surface area contributed by atoms with Gasteiger partial charge >= 0.3 is 0 Å². The average molecular weight is 427 g/mol. The van der Waals surface area contributed by atoms with Gasteiger partial charge in [-0.25, -0.2) is 0 Å². The fraction of sp³-hybridized carbons (Fsp3) is 0.478. The Hall–Kier alpha value is -2.84. The summed E-state index contributed by atoms with van der Waals surface area (Å²) in [7, 11) is 2.13. The summed E-state index contributed by atoms with van der Waals surface area (Å²) in [6, 6.07) is 14.0. The number of nitrogens with one attached hydrogen (secondary N) is 1. The van der Waals surface area contributed by atoms with Gasteiger partial charge in [0.25, 0.3) is 11.4 Å². The van der Waals surface area contributed by atoms with Crippen LogP contribution in [0.25, 0.3) is 0 Å². The maximum atomic E-state index is 10.5. The third-order valence-corrected chi connectivity index (χ3v) is 6.21. The first-order valence-electron chi connectivity index (χ1n) is 10.8. The van der Waals surface area contributed by atoms with Crippen molar-refractivity contribution in [3.05, 3.63) is 79.9 Å². The number of nitro benzene ring substituents is 2. The minimum absolute atomic E-state index is 0.174. The Morgan fingerprint density at radius 3 is 1.52 bits per heavy atom. The summed E-state index contributed by atoms with van der Waals surface area (Å²) in [6.45, 7) is 4.31. The van der Waals surface area contributed by atoms with Crippen molar-refractivity contribution in [2.24, 2.45) is 0 Å². The van der Waals surface area contributed by atoms with Gasteiger partial charge in [0.05, 0.1) is 9.85 Å². The molecule has 0 bridgehead atoms. The Kier molecular flexibility index (Phi) is 8.08. The van der Waals surface area contributed by atoms with Gasteiger partial charge in [-0.1, -0.05) is 24.3 Å². The highest BCUT2D eigenvalue weighted by molar-refractivity contribution is 5.35. The molecule has 0 radical (unpaired) electrons. The number of benzene rings is 2. The number of likely N-dealkylation sites (tertiary alicyclic amines) is 1. The van der Waals surface area contributed by atoms with Crippen LogP contribution >= 0.6 is 0 Å². The molecular formula is C23H30N4O4. The number of nitrogens with zero attached hydrogens (tertiary/aromatic N) is 3. The van der Waals surface area contributed by atoms with E-state index in [1.807, 2.05) is 24.3 Å². The molecule has 8 nitrogen and oxygen atoms in total. The van der Waals surface area contributed by atoms with Crippen LogP contribution in [-0.2, 0) is 0 Å². The zero-order valence-corrected chi connectivity index (χ0v) is 17.9. The molecule has 2 fully saturated rings. The summed E-state index contributed by atoms with van der Waals surface area (Å²) < 4.78 is 0. The number of non-ortho nitro benzene ring substituents is 2. The highest BCUT2D eigenvalue weighted by Gasteiger charge is 2.19. The molecule has 2 aromatic carbocycles. The van der Waals surface area contributed by atoms with Crippen LogP contribution in [0.3, 0.4) is 0 Å². The smallest absolute Gasteiger partial charge is 0.269 e. The van der Waals surface area contributed by atoms with Gasteiger partial charge in [0.1, 0.15) is 0 Å². The van der Waals surface area contributed by atoms with Gasteiger partial charge in [0.2, 0.25) is 0 Å². The number of hydrogen-bond donors (Lipinski definition) is 1. The Balaban J connectivity index is 0.000000176. The molecule has 0 saturated carbocycles. The number of piperidine rings is 2. The predicted octanol–water partition coefficient (Wildman–Crippen LogP) is 4.47. The van der Waals surface area contributed by atoms with Crippen LogP contribution in [0.1, 0.15) is 48.6 Å². The van der Waals surface area contributed by atoms with Crippen molar-refractivity contribution in [1.29, 1.82) is 0 Å². The minimum Gasteiger partial charge on any atom is -0.317 e. The van der Waals surface area contributed by atoms with Crippen LogP contribution < -0.4 is 5.32 Å². The van der Waals surface area contributed by atoms with Crippen LogP contribution in [0.2, 0.25) is 0 Å². The molecule has 2 aliphatic heterocycles. The Morgan fingerprint density at radius 2 is 1.13 bits per heavy atom. The van der Waals surface area contributed by atoms with Gasteiger partial charge in [0, 0.05) is 24.3 Å². The van der Waals surface area contributed by atoms with Crippen LogP contribution in [0.5, 0.6) is 0 Å². The SMILES string of the molecule is CN1CCC(c2ccc([N+](=O)[O-])cc2)CC1.O=[N+]([O-])c1ccc(C2CCNCC2)cc1. The summed E-state index contributed by atoms with van der Waals surface area (Å²) >= 11 is 0. The molecule has 8 heteroatoms. The maximum Gasteiger partial charge on any atom is 0.269 e. The number of nitro groups is 2. The topological polar surface area (TPSA) is 102 Å². The van der Waals surface area contributed by atoms with E-state index >= 15 is 0 Å². The lowest BCUT2D eigenvalue weighted by Gasteiger charge is -2.29. The normalized spacial score (nSPS) is 18.1.